The maximum absolute atomic E-state index is 12.4. The number of sulfonamides is 1. The van der Waals surface area contributed by atoms with E-state index >= 15 is 0 Å². The van der Waals surface area contributed by atoms with Gasteiger partial charge in [-0.2, -0.15) is 13.2 Å². The minimum atomic E-state index is -4.15. The summed E-state index contributed by atoms with van der Waals surface area (Å²) < 4.78 is 63.6. The van der Waals surface area contributed by atoms with E-state index in [2.05, 4.69) is 9.71 Å². The van der Waals surface area contributed by atoms with Gasteiger partial charge in [-0.05, 0) is 50.4 Å². The number of fused-ring (bicyclic) bond motifs is 1. The van der Waals surface area contributed by atoms with Crippen molar-refractivity contribution in [3.63, 3.8) is 0 Å². The van der Waals surface area contributed by atoms with Crippen LogP contribution in [0.3, 0.4) is 0 Å². The predicted octanol–water partition coefficient (Wildman–Crippen LogP) is 2.39. The third-order valence-corrected chi connectivity index (χ3v) is 5.98. The van der Waals surface area contributed by atoms with Gasteiger partial charge in [0.2, 0.25) is 0 Å². The first kappa shape index (κ1) is 18.2. The lowest BCUT2D eigenvalue weighted by molar-refractivity contribution is -0.148. The van der Waals surface area contributed by atoms with Gasteiger partial charge in [-0.15, -0.1) is 0 Å². The molecule has 5 nitrogen and oxygen atoms in total. The van der Waals surface area contributed by atoms with Crippen LogP contribution in [0.15, 0.2) is 34.2 Å². The molecular weight excluding hydrogens is 355 g/mol. The largest absolute Gasteiger partial charge is 0.401 e. The van der Waals surface area contributed by atoms with E-state index in [-0.39, 0.29) is 4.90 Å². The molecule has 0 radical (unpaired) electrons. The number of halogens is 3. The SMILES string of the molecule is O=S1(=O)NC(=NCCC2CCN(CC(F)(F)F)CC2)c2ccccc21. The Hall–Kier alpha value is -1.61. The maximum atomic E-state index is 12.4. The van der Waals surface area contributed by atoms with Gasteiger partial charge in [-0.3, -0.25) is 14.6 Å². The number of amidine groups is 1. The number of hydrogen-bond acceptors (Lipinski definition) is 4. The van der Waals surface area contributed by atoms with Crippen LogP contribution in [0.2, 0.25) is 0 Å². The van der Waals surface area contributed by atoms with Crippen LogP contribution in [-0.2, 0) is 10.0 Å². The van der Waals surface area contributed by atoms with Gasteiger partial charge >= 0.3 is 6.18 Å². The molecule has 1 aromatic carbocycles. The molecule has 3 rings (SSSR count). The third-order valence-electron chi connectivity index (χ3n) is 4.58. The first-order valence-corrected chi connectivity index (χ1v) is 9.69. The molecule has 138 valence electrons. The quantitative estimate of drug-likeness (QED) is 0.879. The number of hydrogen-bond donors (Lipinski definition) is 1. The highest BCUT2D eigenvalue weighted by Crippen LogP contribution is 2.25. The van der Waals surface area contributed by atoms with Gasteiger partial charge in [-0.25, -0.2) is 8.42 Å². The Bertz CT molecular complexity index is 754. The molecule has 25 heavy (non-hydrogen) atoms. The number of alkyl halides is 3. The number of aliphatic imine (C=N–C) groups is 1. The lowest BCUT2D eigenvalue weighted by Gasteiger charge is -2.32. The molecule has 2 aliphatic heterocycles. The van der Waals surface area contributed by atoms with Gasteiger partial charge in [0.25, 0.3) is 10.0 Å². The fourth-order valence-electron chi connectivity index (χ4n) is 3.30. The summed E-state index contributed by atoms with van der Waals surface area (Å²) in [6.45, 7) is 0.489. The maximum Gasteiger partial charge on any atom is 0.401 e. The van der Waals surface area contributed by atoms with Gasteiger partial charge < -0.3 is 0 Å². The second-order valence-electron chi connectivity index (χ2n) is 6.46. The Labute approximate surface area is 145 Å². The number of rotatable bonds is 4. The molecule has 0 atom stereocenters. The summed E-state index contributed by atoms with van der Waals surface area (Å²) >= 11 is 0. The van der Waals surface area contributed by atoms with Crippen LogP contribution in [0.25, 0.3) is 0 Å². The van der Waals surface area contributed by atoms with Crippen molar-refractivity contribution < 1.29 is 21.6 Å². The molecule has 1 N–H and O–H groups in total. The van der Waals surface area contributed by atoms with Crippen LogP contribution >= 0.6 is 0 Å². The van der Waals surface area contributed by atoms with Gasteiger partial charge in [0.05, 0.1) is 11.4 Å². The molecule has 0 aliphatic carbocycles. The van der Waals surface area contributed by atoms with E-state index in [1.807, 2.05) is 0 Å². The minimum Gasteiger partial charge on any atom is -0.295 e. The smallest absolute Gasteiger partial charge is 0.295 e. The van der Waals surface area contributed by atoms with Crippen molar-refractivity contribution >= 4 is 15.9 Å². The fourth-order valence-corrected chi connectivity index (χ4v) is 4.55. The molecule has 2 aliphatic rings. The Kier molecular flexibility index (Phi) is 5.06. The highest BCUT2D eigenvalue weighted by molar-refractivity contribution is 7.90. The zero-order chi connectivity index (χ0) is 18.1. The van der Waals surface area contributed by atoms with E-state index < -0.39 is 22.7 Å². The molecule has 1 fully saturated rings. The van der Waals surface area contributed by atoms with Crippen molar-refractivity contribution in [2.45, 2.75) is 30.3 Å². The molecule has 9 heteroatoms. The highest BCUT2D eigenvalue weighted by Gasteiger charge is 2.33. The van der Waals surface area contributed by atoms with E-state index in [0.29, 0.717) is 49.8 Å². The van der Waals surface area contributed by atoms with Crippen LogP contribution < -0.4 is 4.72 Å². The van der Waals surface area contributed by atoms with Gasteiger partial charge in [0.15, 0.2) is 0 Å². The van der Waals surface area contributed by atoms with Crippen molar-refractivity contribution in [1.29, 1.82) is 0 Å². The number of likely N-dealkylation sites (tertiary alicyclic amines) is 1. The summed E-state index contributed by atoms with van der Waals surface area (Å²) in [7, 11) is -3.53. The average Bonchev–Trinajstić information content (AvgIpc) is 2.79. The summed E-state index contributed by atoms with van der Waals surface area (Å²) in [5.74, 6) is 0.673. The van der Waals surface area contributed by atoms with E-state index in [0.717, 1.165) is 6.42 Å². The first-order chi connectivity index (χ1) is 11.7. The monoisotopic (exact) mass is 375 g/mol. The van der Waals surface area contributed by atoms with Crippen LogP contribution in [0, 0.1) is 5.92 Å². The van der Waals surface area contributed by atoms with E-state index in [1.54, 1.807) is 18.2 Å². The van der Waals surface area contributed by atoms with Gasteiger partial charge in [-0.1, -0.05) is 12.1 Å². The summed E-state index contributed by atoms with van der Waals surface area (Å²) in [5.41, 5.74) is 0.572. The molecule has 0 aromatic heterocycles. The Morgan fingerprint density at radius 1 is 1.20 bits per heavy atom. The fraction of sp³-hybridized carbons (Fsp3) is 0.562. The van der Waals surface area contributed by atoms with Crippen molar-refractivity contribution in [2.24, 2.45) is 10.9 Å². The Balaban J connectivity index is 1.52. The topological polar surface area (TPSA) is 61.8 Å². The first-order valence-electron chi connectivity index (χ1n) is 8.20. The predicted molar refractivity (Wildman–Crippen MR) is 88.0 cm³/mol. The van der Waals surface area contributed by atoms with E-state index in [4.69, 9.17) is 0 Å². The van der Waals surface area contributed by atoms with E-state index in [1.165, 1.54) is 11.0 Å². The molecule has 1 aromatic rings. The number of nitrogens with zero attached hydrogens (tertiary/aromatic N) is 2. The molecule has 1 saturated heterocycles. The molecule has 0 amide bonds. The molecule has 0 saturated carbocycles. The number of nitrogens with one attached hydrogen (secondary N) is 1. The van der Waals surface area contributed by atoms with Crippen molar-refractivity contribution in [3.8, 4) is 0 Å². The highest BCUT2D eigenvalue weighted by atomic mass is 32.2. The minimum absolute atomic E-state index is 0.231. The standard InChI is InChI=1S/C16H20F3N3O2S/c17-16(18,19)11-22-9-6-12(7-10-22)5-8-20-15-13-3-1-2-4-14(13)25(23,24)21-15/h1-4,12H,5-11H2,(H,20,21). The molecule has 2 heterocycles. The summed E-state index contributed by atoms with van der Waals surface area (Å²) in [4.78, 5) is 6.03. The van der Waals surface area contributed by atoms with Crippen molar-refractivity contribution in [2.75, 3.05) is 26.2 Å². The third kappa shape index (κ3) is 4.52. The number of piperidine rings is 1. The molecule has 0 unspecified atom stereocenters. The van der Waals surface area contributed by atoms with Gasteiger partial charge in [0.1, 0.15) is 5.84 Å². The summed E-state index contributed by atoms with van der Waals surface area (Å²) in [6.07, 6.45) is -1.98. The van der Waals surface area contributed by atoms with Gasteiger partial charge in [0, 0.05) is 12.1 Å². The second-order valence-corrected chi connectivity index (χ2v) is 8.11. The summed E-state index contributed by atoms with van der Waals surface area (Å²) in [5, 5.41) is 0. The van der Waals surface area contributed by atoms with Crippen LogP contribution in [0.5, 0.6) is 0 Å². The lowest BCUT2D eigenvalue weighted by Crippen LogP contribution is -2.40. The number of benzene rings is 1. The zero-order valence-corrected chi connectivity index (χ0v) is 14.4. The molecule has 0 spiro atoms. The van der Waals surface area contributed by atoms with Crippen LogP contribution in [0.1, 0.15) is 24.8 Å². The van der Waals surface area contributed by atoms with Crippen molar-refractivity contribution in [3.05, 3.63) is 29.8 Å². The second kappa shape index (κ2) is 6.95. The Morgan fingerprint density at radius 3 is 2.56 bits per heavy atom. The van der Waals surface area contributed by atoms with Crippen LogP contribution in [-0.4, -0.2) is 51.5 Å². The summed E-state index contributed by atoms with van der Waals surface area (Å²) in [6, 6.07) is 6.67. The Morgan fingerprint density at radius 2 is 1.88 bits per heavy atom. The van der Waals surface area contributed by atoms with E-state index in [9.17, 15) is 21.6 Å². The molecule has 0 bridgehead atoms. The molecular formula is C16H20F3N3O2S. The van der Waals surface area contributed by atoms with Crippen molar-refractivity contribution in [1.82, 2.24) is 9.62 Å². The average molecular weight is 375 g/mol. The lowest BCUT2D eigenvalue weighted by atomic mass is 9.93. The van der Waals surface area contributed by atoms with Crippen LogP contribution in [0.4, 0.5) is 13.2 Å². The normalized spacial score (nSPS) is 22.8. The zero-order valence-electron chi connectivity index (χ0n) is 13.6.